The van der Waals surface area contributed by atoms with Gasteiger partial charge in [-0.3, -0.25) is 4.79 Å². The normalized spacial score (nSPS) is 18.2. The summed E-state index contributed by atoms with van der Waals surface area (Å²) in [6.45, 7) is 2.77. The third-order valence-electron chi connectivity index (χ3n) is 3.60. The minimum Gasteiger partial charge on any atom is -0.481 e. The maximum absolute atomic E-state index is 12.1. The average Bonchev–Trinajstić information content (AvgIpc) is 2.45. The molecule has 8 nitrogen and oxygen atoms in total. The number of ether oxygens (including phenoxy) is 1. The number of carbonyl (C=O) groups is 1. The van der Waals surface area contributed by atoms with Gasteiger partial charge in [0.15, 0.2) is 0 Å². The molecule has 0 unspecified atom stereocenters. The van der Waals surface area contributed by atoms with Crippen LogP contribution in [0.1, 0.15) is 12.8 Å². The molecule has 2 N–H and O–H groups in total. The van der Waals surface area contributed by atoms with E-state index in [-0.39, 0.29) is 13.1 Å². The number of aliphatic carboxylic acids is 1. The molecule has 1 aliphatic heterocycles. The summed E-state index contributed by atoms with van der Waals surface area (Å²) in [5.41, 5.74) is 0. The summed E-state index contributed by atoms with van der Waals surface area (Å²) in [4.78, 5) is 12.8. The highest BCUT2D eigenvalue weighted by Gasteiger charge is 2.30. The Bertz CT molecular complexity index is 421. The van der Waals surface area contributed by atoms with Crippen LogP contribution in [-0.2, 0) is 19.7 Å². The van der Waals surface area contributed by atoms with Gasteiger partial charge in [0.25, 0.3) is 10.2 Å². The SMILES string of the molecule is COCCN(C)CCNS(=O)(=O)N1CCC(C(=O)O)CC1. The molecule has 1 rings (SSSR count). The summed E-state index contributed by atoms with van der Waals surface area (Å²) in [5, 5.41) is 8.90. The molecule has 9 heteroatoms. The molecular formula is C12H25N3O5S. The predicted octanol–water partition coefficient (Wildman–Crippen LogP) is -0.804. The van der Waals surface area contributed by atoms with Crippen LogP contribution in [-0.4, -0.2) is 82.2 Å². The van der Waals surface area contributed by atoms with E-state index in [0.717, 1.165) is 6.54 Å². The van der Waals surface area contributed by atoms with Crippen molar-refractivity contribution in [1.82, 2.24) is 13.9 Å². The lowest BCUT2D eigenvalue weighted by molar-refractivity contribution is -0.142. The number of likely N-dealkylation sites (N-methyl/N-ethyl adjacent to an activating group) is 1. The molecule has 1 heterocycles. The molecule has 0 bridgehead atoms. The van der Waals surface area contributed by atoms with E-state index in [0.29, 0.717) is 32.5 Å². The Kier molecular flexibility index (Phi) is 7.53. The van der Waals surface area contributed by atoms with Crippen molar-refractivity contribution >= 4 is 16.2 Å². The summed E-state index contributed by atoms with van der Waals surface area (Å²) in [7, 11) is 0.000678. The zero-order chi connectivity index (χ0) is 15.9. The number of hydrogen-bond acceptors (Lipinski definition) is 5. The average molecular weight is 323 g/mol. The Morgan fingerprint density at radius 3 is 2.52 bits per heavy atom. The van der Waals surface area contributed by atoms with Gasteiger partial charge in [-0.2, -0.15) is 12.7 Å². The molecule has 0 aromatic heterocycles. The standard InChI is InChI=1S/C12H25N3O5S/c1-14(9-10-20-2)8-5-13-21(18,19)15-6-3-11(4-7-15)12(16)17/h11,13H,3-10H2,1-2H3,(H,16,17). The summed E-state index contributed by atoms with van der Waals surface area (Å²) >= 11 is 0. The summed E-state index contributed by atoms with van der Waals surface area (Å²) in [6.07, 6.45) is 0.730. The van der Waals surface area contributed by atoms with Crippen LogP contribution in [0.3, 0.4) is 0 Å². The molecule has 1 aliphatic rings. The first-order valence-corrected chi connectivity index (χ1v) is 8.46. The zero-order valence-electron chi connectivity index (χ0n) is 12.6. The molecule has 0 amide bonds. The first kappa shape index (κ1) is 18.3. The van der Waals surface area contributed by atoms with Crippen LogP contribution in [0.2, 0.25) is 0 Å². The van der Waals surface area contributed by atoms with Gasteiger partial charge in [-0.25, -0.2) is 4.72 Å². The Morgan fingerprint density at radius 1 is 1.38 bits per heavy atom. The second kappa shape index (κ2) is 8.64. The number of nitrogens with zero attached hydrogens (tertiary/aromatic N) is 2. The van der Waals surface area contributed by atoms with Crippen molar-refractivity contribution in [3.63, 3.8) is 0 Å². The first-order chi connectivity index (χ1) is 9.86. The Balaban J connectivity index is 2.32. The maximum Gasteiger partial charge on any atom is 0.306 e. The second-order valence-corrected chi connectivity index (χ2v) is 6.96. The number of rotatable bonds is 9. The van der Waals surface area contributed by atoms with Crippen LogP contribution in [0.15, 0.2) is 0 Å². The van der Waals surface area contributed by atoms with E-state index in [4.69, 9.17) is 9.84 Å². The first-order valence-electron chi connectivity index (χ1n) is 7.02. The van der Waals surface area contributed by atoms with Gasteiger partial charge in [-0.1, -0.05) is 0 Å². The molecule has 124 valence electrons. The van der Waals surface area contributed by atoms with Crippen molar-refractivity contribution in [3.05, 3.63) is 0 Å². The molecule has 1 fully saturated rings. The fourth-order valence-corrected chi connectivity index (χ4v) is 3.38. The van der Waals surface area contributed by atoms with Gasteiger partial charge in [-0.05, 0) is 19.9 Å². The maximum atomic E-state index is 12.1. The number of piperidine rings is 1. The van der Waals surface area contributed by atoms with E-state index >= 15 is 0 Å². The largest absolute Gasteiger partial charge is 0.481 e. The smallest absolute Gasteiger partial charge is 0.306 e. The minimum absolute atomic E-state index is 0.256. The van der Waals surface area contributed by atoms with Crippen molar-refractivity contribution in [2.24, 2.45) is 5.92 Å². The van der Waals surface area contributed by atoms with Crippen molar-refractivity contribution < 1.29 is 23.1 Å². The van der Waals surface area contributed by atoms with Crippen molar-refractivity contribution in [2.45, 2.75) is 12.8 Å². The number of carboxylic acids is 1. The second-order valence-electron chi connectivity index (χ2n) is 5.21. The molecule has 0 radical (unpaired) electrons. The van der Waals surface area contributed by atoms with E-state index in [1.54, 1.807) is 7.11 Å². The van der Waals surface area contributed by atoms with Crippen molar-refractivity contribution in [3.8, 4) is 0 Å². The van der Waals surface area contributed by atoms with E-state index in [1.165, 1.54) is 4.31 Å². The summed E-state index contributed by atoms with van der Waals surface area (Å²) in [5.74, 6) is -1.28. The zero-order valence-corrected chi connectivity index (χ0v) is 13.4. The molecular weight excluding hydrogens is 298 g/mol. The van der Waals surface area contributed by atoms with Gasteiger partial charge in [0.05, 0.1) is 12.5 Å². The van der Waals surface area contributed by atoms with Crippen LogP contribution in [0.25, 0.3) is 0 Å². The monoisotopic (exact) mass is 323 g/mol. The van der Waals surface area contributed by atoms with Gasteiger partial charge < -0.3 is 14.7 Å². The van der Waals surface area contributed by atoms with E-state index in [2.05, 4.69) is 4.72 Å². The molecule has 0 atom stereocenters. The predicted molar refractivity (Wildman–Crippen MR) is 78.2 cm³/mol. The lowest BCUT2D eigenvalue weighted by Crippen LogP contribution is -2.47. The lowest BCUT2D eigenvalue weighted by Gasteiger charge is -2.29. The Labute approximate surface area is 126 Å². The van der Waals surface area contributed by atoms with Gasteiger partial charge >= 0.3 is 5.97 Å². The fourth-order valence-electron chi connectivity index (χ4n) is 2.16. The highest BCUT2D eigenvalue weighted by molar-refractivity contribution is 7.87. The number of nitrogens with one attached hydrogen (secondary N) is 1. The van der Waals surface area contributed by atoms with Gasteiger partial charge in [0.2, 0.25) is 0 Å². The van der Waals surface area contributed by atoms with Crippen LogP contribution < -0.4 is 4.72 Å². The molecule has 0 aromatic rings. The lowest BCUT2D eigenvalue weighted by atomic mass is 9.99. The van der Waals surface area contributed by atoms with Gasteiger partial charge in [0, 0.05) is 39.8 Å². The number of methoxy groups -OCH3 is 1. The molecule has 1 saturated heterocycles. The highest BCUT2D eigenvalue weighted by atomic mass is 32.2. The molecule has 21 heavy (non-hydrogen) atoms. The van der Waals surface area contributed by atoms with E-state index < -0.39 is 22.1 Å². The Morgan fingerprint density at radius 2 is 2.00 bits per heavy atom. The van der Waals surface area contributed by atoms with Crippen LogP contribution in [0, 0.1) is 5.92 Å². The highest BCUT2D eigenvalue weighted by Crippen LogP contribution is 2.18. The third-order valence-corrected chi connectivity index (χ3v) is 5.21. The number of carboxylic acid groups (broad SMARTS) is 1. The van der Waals surface area contributed by atoms with Crippen LogP contribution in [0.4, 0.5) is 0 Å². The number of hydrogen-bond donors (Lipinski definition) is 2. The molecule has 0 aliphatic carbocycles. The van der Waals surface area contributed by atoms with Crippen LogP contribution in [0.5, 0.6) is 0 Å². The van der Waals surface area contributed by atoms with Crippen molar-refractivity contribution in [2.75, 3.05) is 53.5 Å². The quantitative estimate of drug-likeness (QED) is 0.576. The molecule has 0 saturated carbocycles. The fraction of sp³-hybridized carbons (Fsp3) is 0.917. The summed E-state index contributed by atoms with van der Waals surface area (Å²) in [6, 6.07) is 0. The topological polar surface area (TPSA) is 99.2 Å². The van der Waals surface area contributed by atoms with E-state index in [1.807, 2.05) is 11.9 Å². The van der Waals surface area contributed by atoms with E-state index in [9.17, 15) is 13.2 Å². The Hall–Kier alpha value is -0.740. The summed E-state index contributed by atoms with van der Waals surface area (Å²) < 4.78 is 33.0. The molecule has 0 aromatic carbocycles. The van der Waals surface area contributed by atoms with Crippen molar-refractivity contribution in [1.29, 1.82) is 0 Å². The molecule has 0 spiro atoms. The van der Waals surface area contributed by atoms with Crippen LogP contribution >= 0.6 is 0 Å². The van der Waals surface area contributed by atoms with Gasteiger partial charge in [0.1, 0.15) is 0 Å². The third kappa shape index (κ3) is 6.27. The van der Waals surface area contributed by atoms with Gasteiger partial charge in [-0.15, -0.1) is 0 Å². The minimum atomic E-state index is -3.52.